The molecule has 7 rings (SSSR count). The number of rotatable bonds is 20. The van der Waals surface area contributed by atoms with Crippen LogP contribution in [-0.2, 0) is 99.1 Å². The molecule has 15 amide bonds. The maximum Gasteiger partial charge on any atom is 0.305 e. The van der Waals surface area contributed by atoms with Gasteiger partial charge in [0, 0.05) is 74.8 Å². The molecule has 21 N–H and O–H groups in total. The van der Waals surface area contributed by atoms with Crippen LogP contribution in [0.1, 0.15) is 107 Å². The molecule has 43 heteroatoms. The van der Waals surface area contributed by atoms with Crippen LogP contribution in [0.5, 0.6) is 0 Å². The van der Waals surface area contributed by atoms with Gasteiger partial charge in [0.15, 0.2) is 5.96 Å². The minimum absolute atomic E-state index is 0.0140. The van der Waals surface area contributed by atoms with Crippen molar-refractivity contribution in [3.8, 4) is 0 Å². The van der Waals surface area contributed by atoms with E-state index in [4.69, 9.17) is 28.5 Å². The molecule has 5 heterocycles. The van der Waals surface area contributed by atoms with Crippen LogP contribution in [0.3, 0.4) is 0 Å². The second-order valence-electron chi connectivity index (χ2n) is 27.2. The summed E-state index contributed by atoms with van der Waals surface area (Å²) in [6, 6.07) is -8.47. The molecule has 0 aromatic heterocycles. The van der Waals surface area contributed by atoms with Crippen LogP contribution >= 0.6 is 33.2 Å². The van der Waals surface area contributed by atoms with Crippen LogP contribution in [0.25, 0.3) is 0 Å². The van der Waals surface area contributed by atoms with E-state index in [0.29, 0.717) is 11.1 Å². The molecule has 0 saturated carbocycles. The predicted molar refractivity (Wildman–Crippen MR) is 397 cm³/mol. The summed E-state index contributed by atoms with van der Waals surface area (Å²) in [5, 5.41) is 77.9. The lowest BCUT2D eigenvalue weighted by atomic mass is 10.0. The molecular weight excluding hydrogens is 1530 g/mol. The number of halogens is 1. The molecule has 610 valence electrons. The van der Waals surface area contributed by atoms with Crippen molar-refractivity contribution < 1.29 is 107 Å². The monoisotopic (exact) mass is 1620 g/mol. The summed E-state index contributed by atoms with van der Waals surface area (Å²) in [4.78, 5) is 258. The molecule has 5 fully saturated rings. The Balaban J connectivity index is 1.38. The maximum atomic E-state index is 15.3. The molecule has 13 atom stereocenters. The van der Waals surface area contributed by atoms with Crippen molar-refractivity contribution >= 4 is 146 Å². The number of hydrogen-bond acceptors (Lipinski definition) is 22. The van der Waals surface area contributed by atoms with E-state index in [-0.39, 0.29) is 89.0 Å². The third-order valence-electron chi connectivity index (χ3n) is 18.9. The lowest BCUT2D eigenvalue weighted by Gasteiger charge is -2.33. The van der Waals surface area contributed by atoms with Gasteiger partial charge in [-0.05, 0) is 93.9 Å². The van der Waals surface area contributed by atoms with Crippen molar-refractivity contribution in [3.05, 3.63) is 70.7 Å². The van der Waals surface area contributed by atoms with Gasteiger partial charge in [-0.25, -0.2) is 0 Å². The summed E-state index contributed by atoms with van der Waals surface area (Å²) in [5.74, 6) is -22.6. The van der Waals surface area contributed by atoms with Crippen LogP contribution in [0, 0.1) is 5.41 Å². The number of carbonyl (C=O) groups excluding carboxylic acids is 15. The second-order valence-corrected chi connectivity index (χ2v) is 30.2. The van der Waals surface area contributed by atoms with Crippen molar-refractivity contribution in [1.29, 1.82) is 5.41 Å². The Hall–Kier alpha value is -10.9. The number of benzene rings is 2. The van der Waals surface area contributed by atoms with Gasteiger partial charge in [-0.1, -0.05) is 75.7 Å². The van der Waals surface area contributed by atoms with E-state index in [1.54, 1.807) is 30.3 Å². The topological polar surface area (TPSA) is 618 Å². The lowest BCUT2D eigenvalue weighted by Crippen LogP contribution is -2.61. The first-order chi connectivity index (χ1) is 53.3. The first kappa shape index (κ1) is 88.3. The molecule has 2 bridgehead atoms. The predicted octanol–water partition coefficient (Wildman–Crippen LogP) is -5.80. The van der Waals surface area contributed by atoms with Crippen LogP contribution in [0.15, 0.2) is 54.6 Å². The number of fused-ring (bicyclic) bond motifs is 8. The van der Waals surface area contributed by atoms with Crippen molar-refractivity contribution in [2.24, 2.45) is 11.5 Å². The van der Waals surface area contributed by atoms with Gasteiger partial charge < -0.3 is 110 Å². The Morgan fingerprint density at radius 3 is 1.44 bits per heavy atom. The van der Waals surface area contributed by atoms with Gasteiger partial charge in [-0.2, -0.15) is 0 Å². The maximum absolute atomic E-state index is 15.3. The first-order valence-electron chi connectivity index (χ1n) is 36.2. The Labute approximate surface area is 654 Å². The van der Waals surface area contributed by atoms with Gasteiger partial charge in [0.2, 0.25) is 88.6 Å². The molecule has 5 saturated heterocycles. The number of aliphatic carboxylic acids is 3. The number of carbonyl (C=O) groups is 18. The molecule has 0 spiro atoms. The molecule has 2 aromatic rings. The molecule has 0 aliphatic carbocycles. The number of nitrogens with zero attached hydrogens (tertiary/aromatic N) is 3. The van der Waals surface area contributed by atoms with E-state index in [0.717, 1.165) is 36.3 Å². The number of nitrogens with one attached hydrogen (secondary N) is 13. The zero-order chi connectivity index (χ0) is 81.9. The number of carboxylic acid groups (broad SMARTS) is 3. The minimum atomic E-state index is -1.98. The number of aliphatic hydroxyl groups is 1. The van der Waals surface area contributed by atoms with Gasteiger partial charge in [-0.15, -0.1) is 0 Å². The highest BCUT2D eigenvalue weighted by Crippen LogP contribution is 2.29. The molecular formula is C69H93ClN18O22S2. The van der Waals surface area contributed by atoms with Gasteiger partial charge in [0.1, 0.15) is 78.5 Å². The molecule has 2 aromatic carbocycles. The van der Waals surface area contributed by atoms with Crippen molar-refractivity contribution in [1.82, 2.24) is 78.5 Å². The summed E-state index contributed by atoms with van der Waals surface area (Å²) < 4.78 is 0. The average molecular weight is 1630 g/mol. The van der Waals surface area contributed by atoms with Crippen LogP contribution in [0.4, 0.5) is 0 Å². The number of hydrogen-bond donors (Lipinski definition) is 19. The van der Waals surface area contributed by atoms with Crippen LogP contribution in [-0.4, -0.2) is 277 Å². The largest absolute Gasteiger partial charge is 0.481 e. The normalized spacial score (nSPS) is 26.4. The Morgan fingerprint density at radius 1 is 0.464 bits per heavy atom. The van der Waals surface area contributed by atoms with Crippen LogP contribution < -0.4 is 75.3 Å². The third kappa shape index (κ3) is 26.7. The van der Waals surface area contributed by atoms with E-state index in [1.807, 2.05) is 0 Å². The van der Waals surface area contributed by atoms with Crippen molar-refractivity contribution in [2.45, 2.75) is 188 Å². The standard InChI is InChI=1S/C69H93ClN18O22S2/c70-37-16-14-36(15-17-37)28-42-60(102)83-45(32-89)61(103)79-41(20-23-54(94)95)66(108)88-27-7-13-50(88)68(110)87-26-6-12-49(87)64(106)78-40(19-22-53(92)93)59(101)85-47-34-112-111-33-46(62(104)77-39(58(100)80-42)18-21-51(71)90)84-57(99)38(10-4-24-74-69(72)73)76-52(91)31-75-56(98)43(30-55(96)97)81-65(107)48-11-5-25-86(48)67(109)44(82-63(47)105)29-35-8-2-1-3-9-35/h1-3,8-9,14-17,38-50,89H,4-7,10-13,18-34H2,(H2,71,90)(H,75,98)(H,76,91)(H,77,104)(H,78,106)(H,79,103)(H,80,100)(H,81,107)(H,82,105)(H,83,102)(H,84,99)(H,85,101)(H,92,93)(H,94,95)(H,96,97)(H4,72,73,74)/t38-,39-,40-,41-,42-,43-,44-,45-,46-,47-,48-,49-,50-/m0/s1. The Morgan fingerprint density at radius 2 is 0.893 bits per heavy atom. The van der Waals surface area contributed by atoms with E-state index >= 15 is 19.2 Å². The molecule has 112 heavy (non-hydrogen) atoms. The fourth-order valence-corrected chi connectivity index (χ4v) is 15.6. The molecule has 0 unspecified atom stereocenters. The van der Waals surface area contributed by atoms with Gasteiger partial charge >= 0.3 is 17.9 Å². The van der Waals surface area contributed by atoms with Crippen molar-refractivity contribution in [2.75, 3.05) is 50.8 Å². The quantitative estimate of drug-likeness (QED) is 0.0254. The van der Waals surface area contributed by atoms with E-state index in [1.165, 1.54) is 24.3 Å². The zero-order valence-electron chi connectivity index (χ0n) is 60.7. The molecule has 0 radical (unpaired) electrons. The van der Waals surface area contributed by atoms with Crippen LogP contribution in [0.2, 0.25) is 5.02 Å². The fraction of sp³-hybridized carbons (Fsp3) is 0.551. The zero-order valence-corrected chi connectivity index (χ0v) is 63.1. The van der Waals surface area contributed by atoms with Crippen molar-refractivity contribution in [3.63, 3.8) is 0 Å². The lowest BCUT2D eigenvalue weighted by molar-refractivity contribution is -0.148. The number of aliphatic hydroxyl groups excluding tert-OH is 1. The van der Waals surface area contributed by atoms with E-state index < -0.39 is 267 Å². The number of primary amides is 1. The van der Waals surface area contributed by atoms with Gasteiger partial charge in [0.25, 0.3) is 0 Å². The van der Waals surface area contributed by atoms with Gasteiger partial charge in [0.05, 0.1) is 19.6 Å². The number of guanidine groups is 1. The number of amides is 15. The number of nitrogens with two attached hydrogens (primary N) is 2. The Kier molecular flexibility index (Phi) is 34.0. The Bertz CT molecular complexity index is 3850. The summed E-state index contributed by atoms with van der Waals surface area (Å²) >= 11 is 6.20. The summed E-state index contributed by atoms with van der Waals surface area (Å²) in [5.41, 5.74) is 11.8. The summed E-state index contributed by atoms with van der Waals surface area (Å²) in [6.07, 6.45) is -5.87. The van der Waals surface area contributed by atoms with E-state index in [9.17, 15) is 87.5 Å². The highest BCUT2D eigenvalue weighted by Gasteiger charge is 2.46. The average Bonchev–Trinajstić information content (AvgIpc) is 1.63. The molecule has 5 aliphatic rings. The highest BCUT2D eigenvalue weighted by molar-refractivity contribution is 8.76. The SMILES string of the molecule is N=C(N)NCCC[C@@H]1NC(=O)CNC(=O)[C@H](CC(=O)O)NC(=O)[C@@H]2CCCN2C(=O)[C@H](Cc2ccccc2)NC(=O)[C@@H]2CSSC[C@H](NC1=O)C(=O)N[C@@H](CCC(N)=O)C(=O)N[C@@H](Cc1ccc(Cl)cc1)C(=O)N[C@@H](CO)C(=O)N[C@@H](CCC(=O)O)C(=O)N1CCC[C@H]1C(=O)N1CCC[C@H]1C(=O)N[C@@H](CCC(=O)O)C(=O)N2. The minimum Gasteiger partial charge on any atom is -0.481 e. The smallest absolute Gasteiger partial charge is 0.305 e. The molecule has 5 aliphatic heterocycles. The first-order valence-corrected chi connectivity index (χ1v) is 39.0. The third-order valence-corrected chi connectivity index (χ3v) is 21.6. The fourth-order valence-electron chi connectivity index (χ4n) is 13.2. The highest BCUT2D eigenvalue weighted by atomic mass is 35.5. The summed E-state index contributed by atoms with van der Waals surface area (Å²) in [6.45, 7) is -2.63. The van der Waals surface area contributed by atoms with E-state index in [2.05, 4.69) is 63.8 Å². The second kappa shape index (κ2) is 43.1. The molecule has 40 nitrogen and oxygen atoms in total. The van der Waals surface area contributed by atoms with Gasteiger partial charge in [-0.3, -0.25) is 91.7 Å². The number of carboxylic acids is 3. The summed E-state index contributed by atoms with van der Waals surface area (Å²) in [7, 11) is 1.46.